The lowest BCUT2D eigenvalue weighted by molar-refractivity contribution is 1.38. The molecule has 0 aromatic heterocycles. The van der Waals surface area contributed by atoms with Crippen molar-refractivity contribution in [3.8, 4) is 0 Å². The van der Waals surface area contributed by atoms with Crippen LogP contribution in [0.5, 0.6) is 0 Å². The number of rotatable bonds is 3. The highest BCUT2D eigenvalue weighted by Gasteiger charge is 1.97. The molecule has 0 heterocycles. The molecule has 118 valence electrons. The van der Waals surface area contributed by atoms with Crippen LogP contribution in [0.2, 0.25) is 0 Å². The molecule has 3 aromatic carbocycles. The van der Waals surface area contributed by atoms with E-state index in [0.29, 0.717) is 0 Å². The van der Waals surface area contributed by atoms with E-state index in [-0.39, 0.29) is 0 Å². The van der Waals surface area contributed by atoms with Crippen LogP contribution in [0.15, 0.2) is 88.7 Å². The largest absolute Gasteiger partial charge is 0.0622 e. The van der Waals surface area contributed by atoms with Crippen LogP contribution in [-0.2, 0) is 0 Å². The predicted molar refractivity (Wildman–Crippen MR) is 105 cm³/mol. The standard InChI is InChI=1S/C14H14S2.C7H8/c1-11-3-7-13(8-4-11)15-16-14-9-5-12(2)6-10-14;1-7-5-3-2-4-6-7/h3-10H,1-2H3;2-6H,1H3. The van der Waals surface area contributed by atoms with Crippen LogP contribution < -0.4 is 0 Å². The first-order valence-electron chi connectivity index (χ1n) is 7.63. The average Bonchev–Trinajstić information content (AvgIpc) is 2.57. The molecule has 3 rings (SSSR count). The van der Waals surface area contributed by atoms with Crippen molar-refractivity contribution in [1.29, 1.82) is 0 Å². The zero-order valence-electron chi connectivity index (χ0n) is 13.8. The van der Waals surface area contributed by atoms with Crippen LogP contribution in [0, 0.1) is 20.8 Å². The smallest absolute Gasteiger partial charge is 0.0186 e. The summed E-state index contributed by atoms with van der Waals surface area (Å²) in [6.07, 6.45) is 0. The molecule has 0 saturated heterocycles. The van der Waals surface area contributed by atoms with Crippen LogP contribution in [0.1, 0.15) is 16.7 Å². The van der Waals surface area contributed by atoms with Crippen LogP contribution in [0.25, 0.3) is 0 Å². The number of hydrogen-bond donors (Lipinski definition) is 0. The van der Waals surface area contributed by atoms with Crippen molar-refractivity contribution in [3.05, 3.63) is 95.6 Å². The van der Waals surface area contributed by atoms with Gasteiger partial charge < -0.3 is 0 Å². The summed E-state index contributed by atoms with van der Waals surface area (Å²) in [7, 11) is 3.61. The van der Waals surface area contributed by atoms with Crippen molar-refractivity contribution in [3.63, 3.8) is 0 Å². The van der Waals surface area contributed by atoms with E-state index in [1.807, 2.05) is 18.2 Å². The molecule has 0 amide bonds. The normalized spacial score (nSPS) is 9.87. The number of hydrogen-bond acceptors (Lipinski definition) is 2. The number of aryl methyl sites for hydroxylation is 3. The van der Waals surface area contributed by atoms with Crippen molar-refractivity contribution >= 4 is 21.6 Å². The molecule has 23 heavy (non-hydrogen) atoms. The second kappa shape index (κ2) is 9.49. The van der Waals surface area contributed by atoms with Gasteiger partial charge in [-0.15, -0.1) is 0 Å². The Morgan fingerprint density at radius 1 is 0.435 bits per heavy atom. The Morgan fingerprint density at radius 3 is 1.09 bits per heavy atom. The van der Waals surface area contributed by atoms with Gasteiger partial charge in [-0.2, -0.15) is 0 Å². The second-order valence-corrected chi connectivity index (χ2v) is 7.72. The molecule has 0 fully saturated rings. The quantitative estimate of drug-likeness (QED) is 0.467. The van der Waals surface area contributed by atoms with Gasteiger partial charge in [0.05, 0.1) is 0 Å². The Labute approximate surface area is 147 Å². The van der Waals surface area contributed by atoms with Crippen molar-refractivity contribution in [2.45, 2.75) is 30.6 Å². The Balaban J connectivity index is 0.000000229. The van der Waals surface area contributed by atoms with Crippen LogP contribution in [-0.4, -0.2) is 0 Å². The highest BCUT2D eigenvalue weighted by Crippen LogP contribution is 2.37. The Bertz CT molecular complexity index is 641. The SMILES string of the molecule is Cc1ccc(SSc2ccc(C)cc2)cc1.Cc1ccccc1. The van der Waals surface area contributed by atoms with Gasteiger partial charge in [0, 0.05) is 9.79 Å². The van der Waals surface area contributed by atoms with E-state index in [1.165, 1.54) is 26.5 Å². The molecule has 0 bridgehead atoms. The molecule has 0 aliphatic rings. The van der Waals surface area contributed by atoms with Crippen molar-refractivity contribution in [1.82, 2.24) is 0 Å². The Kier molecular flexibility index (Phi) is 7.31. The van der Waals surface area contributed by atoms with Gasteiger partial charge in [0.25, 0.3) is 0 Å². The maximum atomic E-state index is 2.17. The van der Waals surface area contributed by atoms with Crippen molar-refractivity contribution in [2.24, 2.45) is 0 Å². The third-order valence-corrected chi connectivity index (χ3v) is 5.63. The van der Waals surface area contributed by atoms with Crippen LogP contribution >= 0.6 is 21.6 Å². The van der Waals surface area contributed by atoms with Crippen molar-refractivity contribution < 1.29 is 0 Å². The molecule has 0 aliphatic heterocycles. The summed E-state index contributed by atoms with van der Waals surface area (Å²) in [6, 6.07) is 27.5. The van der Waals surface area contributed by atoms with Crippen LogP contribution in [0.3, 0.4) is 0 Å². The van der Waals surface area contributed by atoms with Gasteiger partial charge in [0.2, 0.25) is 0 Å². The summed E-state index contributed by atoms with van der Waals surface area (Å²) >= 11 is 0. The zero-order valence-corrected chi connectivity index (χ0v) is 15.5. The molecule has 0 nitrogen and oxygen atoms in total. The molecule has 0 saturated carbocycles. The van der Waals surface area contributed by atoms with E-state index in [9.17, 15) is 0 Å². The van der Waals surface area contributed by atoms with E-state index in [0.717, 1.165) is 0 Å². The summed E-state index contributed by atoms with van der Waals surface area (Å²) in [6.45, 7) is 6.31. The first kappa shape index (κ1) is 17.7. The average molecular weight is 339 g/mol. The zero-order chi connectivity index (χ0) is 16.5. The first-order chi connectivity index (χ1) is 11.1. The topological polar surface area (TPSA) is 0 Å². The molecule has 0 N–H and O–H groups in total. The number of benzene rings is 3. The predicted octanol–water partition coefficient (Wildman–Crippen LogP) is 7.10. The summed E-state index contributed by atoms with van der Waals surface area (Å²) in [5, 5.41) is 0. The molecular formula is C21H22S2. The molecular weight excluding hydrogens is 316 g/mol. The minimum atomic E-state index is 1.30. The van der Waals surface area contributed by atoms with Gasteiger partial charge in [0.15, 0.2) is 0 Å². The third-order valence-electron chi connectivity index (χ3n) is 3.22. The van der Waals surface area contributed by atoms with Crippen LogP contribution in [0.4, 0.5) is 0 Å². The van der Waals surface area contributed by atoms with E-state index in [4.69, 9.17) is 0 Å². The summed E-state index contributed by atoms with van der Waals surface area (Å²) in [5.74, 6) is 0. The van der Waals surface area contributed by atoms with E-state index >= 15 is 0 Å². The Hall–Kier alpha value is -1.64. The third kappa shape index (κ3) is 6.98. The summed E-state index contributed by atoms with van der Waals surface area (Å²) in [4.78, 5) is 2.60. The van der Waals surface area contributed by atoms with Gasteiger partial charge in [-0.05, 0) is 45.0 Å². The lowest BCUT2D eigenvalue weighted by Gasteiger charge is -2.02. The van der Waals surface area contributed by atoms with Gasteiger partial charge >= 0.3 is 0 Å². The maximum Gasteiger partial charge on any atom is 0.0186 e. The second-order valence-electron chi connectivity index (χ2n) is 5.45. The van der Waals surface area contributed by atoms with E-state index < -0.39 is 0 Å². The maximum absolute atomic E-state index is 2.17. The summed E-state index contributed by atoms with van der Waals surface area (Å²) < 4.78 is 0. The molecule has 3 aromatic rings. The van der Waals surface area contributed by atoms with E-state index in [1.54, 1.807) is 21.6 Å². The molecule has 0 radical (unpaired) electrons. The van der Waals surface area contributed by atoms with Gasteiger partial charge in [-0.25, -0.2) is 0 Å². The van der Waals surface area contributed by atoms with E-state index in [2.05, 4.69) is 81.4 Å². The summed E-state index contributed by atoms with van der Waals surface area (Å²) in [5.41, 5.74) is 3.94. The monoisotopic (exact) mass is 338 g/mol. The molecule has 0 unspecified atom stereocenters. The fourth-order valence-corrected chi connectivity index (χ4v) is 3.75. The Morgan fingerprint density at radius 2 is 0.783 bits per heavy atom. The minimum Gasteiger partial charge on any atom is -0.0622 e. The minimum absolute atomic E-state index is 1.30. The van der Waals surface area contributed by atoms with Gasteiger partial charge in [-0.1, -0.05) is 92.9 Å². The molecule has 0 spiro atoms. The highest BCUT2D eigenvalue weighted by atomic mass is 33.1. The first-order valence-corrected chi connectivity index (χ1v) is 9.78. The molecule has 0 atom stereocenters. The molecule has 0 aliphatic carbocycles. The lowest BCUT2D eigenvalue weighted by Crippen LogP contribution is -1.73. The fraction of sp³-hybridized carbons (Fsp3) is 0.143. The van der Waals surface area contributed by atoms with Gasteiger partial charge in [0.1, 0.15) is 0 Å². The molecule has 2 heteroatoms. The highest BCUT2D eigenvalue weighted by molar-refractivity contribution is 8.76. The van der Waals surface area contributed by atoms with Crippen molar-refractivity contribution in [2.75, 3.05) is 0 Å². The van der Waals surface area contributed by atoms with Gasteiger partial charge in [-0.3, -0.25) is 0 Å². The fourth-order valence-electron chi connectivity index (χ4n) is 1.82. The lowest BCUT2D eigenvalue weighted by atomic mass is 10.2.